The number of piperazine rings is 1. The van der Waals surface area contributed by atoms with Crippen molar-refractivity contribution >= 4 is 17.7 Å². The predicted octanol–water partition coefficient (Wildman–Crippen LogP) is -0.0938. The second kappa shape index (κ2) is 8.59. The van der Waals surface area contributed by atoms with Gasteiger partial charge in [0.2, 0.25) is 23.6 Å². The maximum Gasteiger partial charge on any atom is 0.242 e. The van der Waals surface area contributed by atoms with Crippen molar-refractivity contribution < 1.29 is 19.1 Å². The summed E-state index contributed by atoms with van der Waals surface area (Å²) in [5.41, 5.74) is 0.811. The quantitative estimate of drug-likeness (QED) is 0.645. The standard InChI is InChI=1S/C21H29N5O4/c1-13(27)23-16-8-17-12-25(10-15-4-3-5-19(24-15)30-2)18(21(29)26(17)11-16)9-22-20(28)14-6-7-14/h3-5,14,16-18H,6-12H2,1-2H3,(H,22,28)(H,23,27)/t16-,17-,18-/m0/s1. The van der Waals surface area contributed by atoms with E-state index in [9.17, 15) is 14.4 Å². The van der Waals surface area contributed by atoms with Gasteiger partial charge in [-0.1, -0.05) is 6.07 Å². The van der Waals surface area contributed by atoms with E-state index in [1.165, 1.54) is 6.92 Å². The maximum atomic E-state index is 13.3. The molecule has 0 radical (unpaired) electrons. The smallest absolute Gasteiger partial charge is 0.242 e. The summed E-state index contributed by atoms with van der Waals surface area (Å²) in [6.07, 6.45) is 2.58. The summed E-state index contributed by atoms with van der Waals surface area (Å²) in [7, 11) is 1.57. The number of aromatic nitrogens is 1. The molecule has 2 aliphatic heterocycles. The molecule has 9 nitrogen and oxygen atoms in total. The number of ether oxygens (including phenoxy) is 1. The Morgan fingerprint density at radius 2 is 2.07 bits per heavy atom. The molecule has 1 aliphatic carbocycles. The fourth-order valence-electron chi connectivity index (χ4n) is 4.44. The zero-order valence-corrected chi connectivity index (χ0v) is 17.5. The number of carbonyl (C=O) groups is 3. The first-order valence-electron chi connectivity index (χ1n) is 10.5. The lowest BCUT2D eigenvalue weighted by molar-refractivity contribution is -0.144. The highest BCUT2D eigenvalue weighted by Crippen LogP contribution is 2.30. The van der Waals surface area contributed by atoms with Gasteiger partial charge in [-0.05, 0) is 25.3 Å². The molecule has 162 valence electrons. The Morgan fingerprint density at radius 3 is 2.77 bits per heavy atom. The molecule has 30 heavy (non-hydrogen) atoms. The van der Waals surface area contributed by atoms with E-state index in [0.717, 1.165) is 25.0 Å². The van der Waals surface area contributed by atoms with Crippen LogP contribution in [0.1, 0.15) is 31.9 Å². The Kier molecular flexibility index (Phi) is 5.90. The molecule has 0 bridgehead atoms. The van der Waals surface area contributed by atoms with Gasteiger partial charge in [0.25, 0.3) is 0 Å². The number of pyridine rings is 1. The molecule has 0 spiro atoms. The number of hydrogen-bond donors (Lipinski definition) is 2. The lowest BCUT2D eigenvalue weighted by atomic mass is 10.0. The van der Waals surface area contributed by atoms with Crippen LogP contribution < -0.4 is 15.4 Å². The summed E-state index contributed by atoms with van der Waals surface area (Å²) >= 11 is 0. The molecule has 9 heteroatoms. The summed E-state index contributed by atoms with van der Waals surface area (Å²) in [5.74, 6) is 0.571. The molecule has 3 fully saturated rings. The van der Waals surface area contributed by atoms with Crippen LogP contribution >= 0.6 is 0 Å². The van der Waals surface area contributed by atoms with Crippen LogP contribution in [-0.2, 0) is 20.9 Å². The molecule has 0 aromatic carbocycles. The molecule has 0 unspecified atom stereocenters. The number of hydrogen-bond acceptors (Lipinski definition) is 6. The molecule has 1 aromatic heterocycles. The second-order valence-electron chi connectivity index (χ2n) is 8.41. The van der Waals surface area contributed by atoms with Crippen molar-refractivity contribution in [3.63, 3.8) is 0 Å². The SMILES string of the molecule is COc1cccc(CN2C[C@@H]3C[C@H](NC(C)=O)CN3C(=O)[C@@H]2CNC(=O)C2CC2)n1. The van der Waals surface area contributed by atoms with Gasteiger partial charge in [0.1, 0.15) is 6.04 Å². The van der Waals surface area contributed by atoms with Gasteiger partial charge in [-0.3, -0.25) is 19.3 Å². The van der Waals surface area contributed by atoms with E-state index in [1.807, 2.05) is 17.0 Å². The maximum absolute atomic E-state index is 13.3. The lowest BCUT2D eigenvalue weighted by Gasteiger charge is -2.42. The summed E-state index contributed by atoms with van der Waals surface area (Å²) in [4.78, 5) is 45.4. The van der Waals surface area contributed by atoms with Crippen LogP contribution in [0, 0.1) is 5.92 Å². The van der Waals surface area contributed by atoms with Crippen molar-refractivity contribution in [3.8, 4) is 5.88 Å². The number of carbonyl (C=O) groups excluding carboxylic acids is 3. The normalized spacial score (nSPS) is 26.3. The van der Waals surface area contributed by atoms with Gasteiger partial charge in [0.15, 0.2) is 0 Å². The van der Waals surface area contributed by atoms with Crippen LogP contribution in [0.15, 0.2) is 18.2 Å². The summed E-state index contributed by atoms with van der Waals surface area (Å²) in [6, 6.07) is 5.13. The van der Waals surface area contributed by atoms with E-state index in [2.05, 4.69) is 20.5 Å². The molecule has 3 amide bonds. The van der Waals surface area contributed by atoms with Crippen LogP contribution in [0.5, 0.6) is 5.88 Å². The molecule has 3 heterocycles. The third kappa shape index (κ3) is 4.56. The Hall–Kier alpha value is -2.68. The molecule has 3 atom stereocenters. The van der Waals surface area contributed by atoms with Crippen LogP contribution in [0.4, 0.5) is 0 Å². The fraction of sp³-hybridized carbons (Fsp3) is 0.619. The number of fused-ring (bicyclic) bond motifs is 1. The summed E-state index contributed by atoms with van der Waals surface area (Å²) < 4.78 is 5.22. The highest BCUT2D eigenvalue weighted by Gasteiger charge is 2.46. The monoisotopic (exact) mass is 415 g/mol. The van der Waals surface area contributed by atoms with Gasteiger partial charge in [0.05, 0.1) is 12.8 Å². The van der Waals surface area contributed by atoms with E-state index >= 15 is 0 Å². The van der Waals surface area contributed by atoms with E-state index in [0.29, 0.717) is 25.5 Å². The minimum Gasteiger partial charge on any atom is -0.481 e. The Bertz CT molecular complexity index is 827. The minimum atomic E-state index is -0.451. The van der Waals surface area contributed by atoms with Gasteiger partial charge in [-0.2, -0.15) is 0 Å². The van der Waals surface area contributed by atoms with Gasteiger partial charge in [-0.25, -0.2) is 4.98 Å². The fourth-order valence-corrected chi connectivity index (χ4v) is 4.44. The zero-order chi connectivity index (χ0) is 21.3. The first-order chi connectivity index (χ1) is 14.4. The van der Waals surface area contributed by atoms with Crippen molar-refractivity contribution in [1.29, 1.82) is 0 Å². The van der Waals surface area contributed by atoms with Crippen LogP contribution in [0.25, 0.3) is 0 Å². The Morgan fingerprint density at radius 1 is 1.27 bits per heavy atom. The van der Waals surface area contributed by atoms with E-state index in [1.54, 1.807) is 13.2 Å². The third-order valence-corrected chi connectivity index (χ3v) is 6.05. The van der Waals surface area contributed by atoms with E-state index in [-0.39, 0.29) is 42.3 Å². The highest BCUT2D eigenvalue weighted by molar-refractivity contribution is 5.86. The van der Waals surface area contributed by atoms with Gasteiger partial charge >= 0.3 is 0 Å². The van der Waals surface area contributed by atoms with Crippen LogP contribution in [0.2, 0.25) is 0 Å². The van der Waals surface area contributed by atoms with Crippen LogP contribution in [-0.4, -0.2) is 77.4 Å². The van der Waals surface area contributed by atoms with Gasteiger partial charge in [-0.15, -0.1) is 0 Å². The van der Waals surface area contributed by atoms with Gasteiger partial charge < -0.3 is 20.3 Å². The van der Waals surface area contributed by atoms with Crippen molar-refractivity contribution in [2.24, 2.45) is 5.92 Å². The third-order valence-electron chi connectivity index (χ3n) is 6.05. The molecule has 4 rings (SSSR count). The molecule has 1 saturated carbocycles. The largest absolute Gasteiger partial charge is 0.481 e. The Labute approximate surface area is 176 Å². The molecule has 1 aromatic rings. The van der Waals surface area contributed by atoms with Crippen molar-refractivity contribution in [2.45, 2.75) is 50.9 Å². The second-order valence-corrected chi connectivity index (χ2v) is 8.41. The minimum absolute atomic E-state index is 0.00176. The first kappa shape index (κ1) is 20.6. The lowest BCUT2D eigenvalue weighted by Crippen LogP contribution is -2.62. The highest BCUT2D eigenvalue weighted by atomic mass is 16.5. The molecular formula is C21H29N5O4. The average molecular weight is 415 g/mol. The van der Waals surface area contributed by atoms with Crippen molar-refractivity contribution in [1.82, 2.24) is 25.4 Å². The topological polar surface area (TPSA) is 104 Å². The molecule has 2 saturated heterocycles. The van der Waals surface area contributed by atoms with E-state index in [4.69, 9.17) is 4.74 Å². The summed E-state index contributed by atoms with van der Waals surface area (Å²) in [5, 5.41) is 5.90. The van der Waals surface area contributed by atoms with Crippen molar-refractivity contribution in [2.75, 3.05) is 26.7 Å². The zero-order valence-electron chi connectivity index (χ0n) is 17.5. The number of nitrogens with zero attached hydrogens (tertiary/aromatic N) is 3. The van der Waals surface area contributed by atoms with Crippen LogP contribution in [0.3, 0.4) is 0 Å². The average Bonchev–Trinajstić information content (AvgIpc) is 3.49. The predicted molar refractivity (Wildman–Crippen MR) is 108 cm³/mol. The first-order valence-corrected chi connectivity index (χ1v) is 10.5. The molecule has 2 N–H and O–H groups in total. The molecular weight excluding hydrogens is 386 g/mol. The number of nitrogens with one attached hydrogen (secondary N) is 2. The van der Waals surface area contributed by atoms with Gasteiger partial charge in [0, 0.05) is 57.2 Å². The summed E-state index contributed by atoms with van der Waals surface area (Å²) in [6.45, 7) is 3.45. The van der Waals surface area contributed by atoms with Crippen molar-refractivity contribution in [3.05, 3.63) is 23.9 Å². The van der Waals surface area contributed by atoms with E-state index < -0.39 is 6.04 Å². The number of rotatable bonds is 7. The number of amides is 3. The molecule has 3 aliphatic rings. The number of methoxy groups -OCH3 is 1. The Balaban J connectivity index is 1.50.